The Balaban J connectivity index is 2.13. The predicted molar refractivity (Wildman–Crippen MR) is 49.9 cm³/mol. The third-order valence-corrected chi connectivity index (χ3v) is 1.98. The van der Waals surface area contributed by atoms with E-state index in [1.165, 1.54) is 0 Å². The van der Waals surface area contributed by atoms with Crippen molar-refractivity contribution in [1.29, 1.82) is 0 Å². The molecule has 0 aromatic carbocycles. The van der Waals surface area contributed by atoms with E-state index in [4.69, 9.17) is 25.5 Å². The topological polar surface area (TPSA) is 31.6 Å². The SMILES string of the molecule is CO[C@@H](CCl)COCc1ccco1. The summed E-state index contributed by atoms with van der Waals surface area (Å²) >= 11 is 5.60. The van der Waals surface area contributed by atoms with Crippen molar-refractivity contribution < 1.29 is 13.9 Å². The summed E-state index contributed by atoms with van der Waals surface area (Å²) in [6.45, 7) is 0.949. The standard InChI is InChI=1S/C9H13ClO3/c1-11-9(5-10)7-12-6-8-3-2-4-13-8/h2-4,9H,5-7H2,1H3/t9-/m0/s1. The maximum Gasteiger partial charge on any atom is 0.129 e. The highest BCUT2D eigenvalue weighted by atomic mass is 35.5. The molecule has 1 aromatic heterocycles. The van der Waals surface area contributed by atoms with Crippen LogP contribution in [0.15, 0.2) is 22.8 Å². The van der Waals surface area contributed by atoms with E-state index in [1.54, 1.807) is 13.4 Å². The summed E-state index contributed by atoms with van der Waals surface area (Å²) in [5.74, 6) is 1.25. The van der Waals surface area contributed by atoms with Crippen LogP contribution in [0, 0.1) is 0 Å². The van der Waals surface area contributed by atoms with Gasteiger partial charge in [0.25, 0.3) is 0 Å². The molecule has 1 rings (SSSR count). The second-order valence-electron chi connectivity index (χ2n) is 2.61. The number of furan rings is 1. The molecular weight excluding hydrogens is 192 g/mol. The Labute approximate surface area is 82.6 Å². The lowest BCUT2D eigenvalue weighted by Gasteiger charge is -2.11. The van der Waals surface area contributed by atoms with Crippen molar-refractivity contribution in [3.8, 4) is 0 Å². The van der Waals surface area contributed by atoms with Crippen LogP contribution in [0.3, 0.4) is 0 Å². The first-order chi connectivity index (χ1) is 6.36. The van der Waals surface area contributed by atoms with E-state index >= 15 is 0 Å². The second kappa shape index (κ2) is 6.02. The first-order valence-electron chi connectivity index (χ1n) is 4.05. The molecule has 1 atom stereocenters. The van der Waals surface area contributed by atoms with Gasteiger partial charge in [0.1, 0.15) is 12.4 Å². The number of rotatable bonds is 6. The zero-order valence-electron chi connectivity index (χ0n) is 7.53. The molecular formula is C9H13ClO3. The molecule has 0 bridgehead atoms. The van der Waals surface area contributed by atoms with Crippen molar-refractivity contribution in [3.05, 3.63) is 24.2 Å². The lowest BCUT2D eigenvalue weighted by Crippen LogP contribution is -2.19. The van der Waals surface area contributed by atoms with Crippen molar-refractivity contribution in [2.45, 2.75) is 12.7 Å². The van der Waals surface area contributed by atoms with Crippen LogP contribution >= 0.6 is 11.6 Å². The normalized spacial score (nSPS) is 13.1. The molecule has 0 unspecified atom stereocenters. The summed E-state index contributed by atoms with van der Waals surface area (Å²) in [6, 6.07) is 3.69. The number of ether oxygens (including phenoxy) is 2. The van der Waals surface area contributed by atoms with Gasteiger partial charge in [-0.1, -0.05) is 0 Å². The molecule has 0 aliphatic carbocycles. The van der Waals surface area contributed by atoms with E-state index in [-0.39, 0.29) is 6.10 Å². The van der Waals surface area contributed by atoms with Crippen LogP contribution in [0.25, 0.3) is 0 Å². The Morgan fingerprint density at radius 2 is 2.46 bits per heavy atom. The average Bonchev–Trinajstić information content (AvgIpc) is 2.65. The minimum atomic E-state index is -0.0448. The molecule has 0 saturated heterocycles. The van der Waals surface area contributed by atoms with Gasteiger partial charge in [-0.05, 0) is 12.1 Å². The van der Waals surface area contributed by atoms with Crippen molar-refractivity contribution in [2.75, 3.05) is 19.6 Å². The van der Waals surface area contributed by atoms with Crippen LogP contribution in [0.5, 0.6) is 0 Å². The minimum absolute atomic E-state index is 0.0448. The van der Waals surface area contributed by atoms with Gasteiger partial charge in [0, 0.05) is 7.11 Å². The maximum absolute atomic E-state index is 5.60. The Morgan fingerprint density at radius 3 is 3.00 bits per heavy atom. The number of hydrogen-bond donors (Lipinski definition) is 0. The first kappa shape index (κ1) is 10.6. The van der Waals surface area contributed by atoms with Gasteiger partial charge in [-0.3, -0.25) is 0 Å². The molecule has 0 radical (unpaired) electrons. The van der Waals surface area contributed by atoms with E-state index in [2.05, 4.69) is 0 Å². The summed E-state index contributed by atoms with van der Waals surface area (Å²) < 4.78 is 15.4. The van der Waals surface area contributed by atoms with E-state index < -0.39 is 0 Å². The lowest BCUT2D eigenvalue weighted by atomic mass is 10.4. The predicted octanol–water partition coefficient (Wildman–Crippen LogP) is 2.05. The van der Waals surface area contributed by atoms with E-state index in [1.807, 2.05) is 12.1 Å². The van der Waals surface area contributed by atoms with Crippen LogP contribution in [-0.4, -0.2) is 25.7 Å². The molecule has 74 valence electrons. The molecule has 0 aliphatic heterocycles. The van der Waals surface area contributed by atoms with E-state index in [0.29, 0.717) is 19.1 Å². The smallest absolute Gasteiger partial charge is 0.129 e. The van der Waals surface area contributed by atoms with Gasteiger partial charge < -0.3 is 13.9 Å². The summed E-state index contributed by atoms with van der Waals surface area (Å²) in [5.41, 5.74) is 0. The average molecular weight is 205 g/mol. The first-order valence-corrected chi connectivity index (χ1v) is 4.59. The third-order valence-electron chi connectivity index (χ3n) is 1.63. The zero-order chi connectivity index (χ0) is 9.52. The number of methoxy groups -OCH3 is 1. The van der Waals surface area contributed by atoms with Crippen molar-refractivity contribution in [3.63, 3.8) is 0 Å². The fraction of sp³-hybridized carbons (Fsp3) is 0.556. The van der Waals surface area contributed by atoms with E-state index in [9.17, 15) is 0 Å². The van der Waals surface area contributed by atoms with Gasteiger partial charge in [-0.2, -0.15) is 0 Å². The molecule has 13 heavy (non-hydrogen) atoms. The highest BCUT2D eigenvalue weighted by Crippen LogP contribution is 2.03. The third kappa shape index (κ3) is 3.81. The molecule has 4 heteroatoms. The molecule has 0 N–H and O–H groups in total. The molecule has 0 aliphatic rings. The molecule has 0 spiro atoms. The monoisotopic (exact) mass is 204 g/mol. The van der Waals surface area contributed by atoms with Crippen LogP contribution in [0.1, 0.15) is 5.76 Å². The van der Waals surface area contributed by atoms with Gasteiger partial charge in [0.05, 0.1) is 24.9 Å². The summed E-state index contributed by atoms with van der Waals surface area (Å²) in [6.07, 6.45) is 1.57. The quantitative estimate of drug-likeness (QED) is 0.665. The highest BCUT2D eigenvalue weighted by Gasteiger charge is 2.05. The zero-order valence-corrected chi connectivity index (χ0v) is 8.29. The van der Waals surface area contributed by atoms with Crippen LogP contribution in [0.2, 0.25) is 0 Å². The summed E-state index contributed by atoms with van der Waals surface area (Å²) in [7, 11) is 1.61. The number of halogens is 1. The Kier molecular flexibility index (Phi) is 4.90. The molecule has 0 amide bonds. The molecule has 1 aromatic rings. The molecule has 0 fully saturated rings. The molecule has 3 nitrogen and oxygen atoms in total. The lowest BCUT2D eigenvalue weighted by molar-refractivity contribution is 0.00850. The highest BCUT2D eigenvalue weighted by molar-refractivity contribution is 6.18. The van der Waals surface area contributed by atoms with E-state index in [0.717, 1.165) is 5.76 Å². The summed E-state index contributed by atoms with van der Waals surface area (Å²) in [4.78, 5) is 0. The number of hydrogen-bond acceptors (Lipinski definition) is 3. The Bertz CT molecular complexity index is 207. The maximum atomic E-state index is 5.60. The van der Waals surface area contributed by atoms with Crippen molar-refractivity contribution in [1.82, 2.24) is 0 Å². The Morgan fingerprint density at radius 1 is 1.62 bits per heavy atom. The van der Waals surface area contributed by atoms with Gasteiger partial charge in [0.15, 0.2) is 0 Å². The fourth-order valence-electron chi connectivity index (χ4n) is 0.861. The molecule has 0 saturated carbocycles. The van der Waals surface area contributed by atoms with Gasteiger partial charge in [0.2, 0.25) is 0 Å². The van der Waals surface area contributed by atoms with Crippen LogP contribution in [-0.2, 0) is 16.1 Å². The van der Waals surface area contributed by atoms with Gasteiger partial charge in [-0.15, -0.1) is 11.6 Å². The van der Waals surface area contributed by atoms with Crippen LogP contribution in [0.4, 0.5) is 0 Å². The van der Waals surface area contributed by atoms with Gasteiger partial charge >= 0.3 is 0 Å². The second-order valence-corrected chi connectivity index (χ2v) is 2.92. The van der Waals surface area contributed by atoms with Crippen LogP contribution < -0.4 is 0 Å². The molecule has 1 heterocycles. The van der Waals surface area contributed by atoms with Gasteiger partial charge in [-0.25, -0.2) is 0 Å². The van der Waals surface area contributed by atoms with Crippen molar-refractivity contribution in [2.24, 2.45) is 0 Å². The number of alkyl halides is 1. The fourth-order valence-corrected chi connectivity index (χ4v) is 1.08. The summed E-state index contributed by atoms with van der Waals surface area (Å²) in [5, 5.41) is 0. The van der Waals surface area contributed by atoms with Crippen molar-refractivity contribution >= 4 is 11.6 Å². The minimum Gasteiger partial charge on any atom is -0.467 e. The largest absolute Gasteiger partial charge is 0.467 e. The Hall–Kier alpha value is -0.510.